The zero-order valence-electron chi connectivity index (χ0n) is 19.9. The van der Waals surface area contributed by atoms with Crippen LogP contribution in [-0.2, 0) is 17.9 Å². The molecule has 0 radical (unpaired) electrons. The van der Waals surface area contributed by atoms with E-state index in [9.17, 15) is 9.59 Å². The number of carbonyl (C=O) groups is 2. The van der Waals surface area contributed by atoms with Crippen molar-refractivity contribution in [3.8, 4) is 0 Å². The van der Waals surface area contributed by atoms with Crippen LogP contribution >= 0.6 is 11.3 Å². The van der Waals surface area contributed by atoms with Crippen LogP contribution in [0.2, 0.25) is 0 Å². The van der Waals surface area contributed by atoms with E-state index in [0.29, 0.717) is 25.2 Å². The summed E-state index contributed by atoms with van der Waals surface area (Å²) in [5, 5.41) is 2.07. The van der Waals surface area contributed by atoms with Gasteiger partial charge < -0.3 is 14.7 Å². The van der Waals surface area contributed by atoms with Crippen molar-refractivity contribution in [2.24, 2.45) is 0 Å². The molecule has 0 spiro atoms. The average Bonchev–Trinajstić information content (AvgIpc) is 3.54. The molecule has 2 heterocycles. The molecule has 2 aromatic carbocycles. The minimum Gasteiger partial charge on any atom is -0.332 e. The van der Waals surface area contributed by atoms with E-state index in [0.717, 1.165) is 25.2 Å². The van der Waals surface area contributed by atoms with Gasteiger partial charge in [-0.3, -0.25) is 9.59 Å². The lowest BCUT2D eigenvalue weighted by Gasteiger charge is -2.29. The topological polar surface area (TPSA) is 43.9 Å². The van der Waals surface area contributed by atoms with Crippen molar-refractivity contribution in [3.05, 3.63) is 93.7 Å². The Morgan fingerprint density at radius 3 is 2.21 bits per heavy atom. The van der Waals surface area contributed by atoms with E-state index in [1.807, 2.05) is 65.6 Å². The lowest BCUT2D eigenvalue weighted by Crippen LogP contribution is -2.45. The molecule has 1 aliphatic heterocycles. The van der Waals surface area contributed by atoms with Gasteiger partial charge in [0.25, 0.3) is 5.91 Å². The summed E-state index contributed by atoms with van der Waals surface area (Å²) >= 11 is 1.67. The van der Waals surface area contributed by atoms with Crippen LogP contribution in [0.1, 0.15) is 39.2 Å². The minimum absolute atomic E-state index is 0.0256. The van der Waals surface area contributed by atoms with Gasteiger partial charge in [0.05, 0.1) is 6.54 Å². The summed E-state index contributed by atoms with van der Waals surface area (Å²) in [6.07, 6.45) is 2.41. The molecule has 1 saturated heterocycles. The molecule has 34 heavy (non-hydrogen) atoms. The molecule has 0 atom stereocenters. The molecular weight excluding hydrogens is 442 g/mol. The van der Waals surface area contributed by atoms with Crippen molar-refractivity contribution in [2.75, 3.05) is 32.7 Å². The van der Waals surface area contributed by atoms with Gasteiger partial charge in [-0.1, -0.05) is 48.5 Å². The van der Waals surface area contributed by atoms with Gasteiger partial charge in [0.2, 0.25) is 5.91 Å². The van der Waals surface area contributed by atoms with E-state index in [2.05, 4.69) is 23.3 Å². The maximum absolute atomic E-state index is 13.7. The second-order valence-corrected chi connectivity index (χ2v) is 9.90. The summed E-state index contributed by atoms with van der Waals surface area (Å²) in [5.74, 6) is -0.109. The van der Waals surface area contributed by atoms with E-state index in [4.69, 9.17) is 0 Å². The first-order valence-corrected chi connectivity index (χ1v) is 12.9. The number of benzene rings is 2. The largest absolute Gasteiger partial charge is 0.332 e. The van der Waals surface area contributed by atoms with Gasteiger partial charge in [-0.25, -0.2) is 0 Å². The highest BCUT2D eigenvalue weighted by Crippen LogP contribution is 2.20. The molecule has 2 amide bonds. The Morgan fingerprint density at radius 1 is 0.882 bits per heavy atom. The number of likely N-dealkylation sites (tertiary alicyclic amines) is 1. The summed E-state index contributed by atoms with van der Waals surface area (Å²) in [6.45, 7) is 6.73. The van der Waals surface area contributed by atoms with Crippen LogP contribution in [0.3, 0.4) is 0 Å². The first kappa shape index (κ1) is 24.2. The van der Waals surface area contributed by atoms with E-state index in [1.54, 1.807) is 16.2 Å². The van der Waals surface area contributed by atoms with Crippen LogP contribution in [0.4, 0.5) is 0 Å². The number of rotatable bonds is 10. The number of aryl methyl sites for hydroxylation is 1. The zero-order chi connectivity index (χ0) is 23.8. The molecular formula is C28H33N3O2S. The average molecular weight is 476 g/mol. The van der Waals surface area contributed by atoms with Crippen LogP contribution in [0.5, 0.6) is 0 Å². The fourth-order valence-electron chi connectivity index (χ4n) is 4.32. The van der Waals surface area contributed by atoms with Gasteiger partial charge in [-0.2, -0.15) is 0 Å². The zero-order valence-corrected chi connectivity index (χ0v) is 20.7. The third kappa shape index (κ3) is 6.55. The molecule has 6 heteroatoms. The van der Waals surface area contributed by atoms with Crippen LogP contribution in [-0.4, -0.2) is 59.2 Å². The van der Waals surface area contributed by atoms with Crippen LogP contribution < -0.4 is 0 Å². The van der Waals surface area contributed by atoms with Crippen molar-refractivity contribution in [2.45, 2.75) is 32.9 Å². The second-order valence-electron chi connectivity index (χ2n) is 8.90. The van der Waals surface area contributed by atoms with E-state index < -0.39 is 0 Å². The van der Waals surface area contributed by atoms with Gasteiger partial charge in [0.15, 0.2) is 0 Å². The normalized spacial score (nSPS) is 13.7. The third-order valence-corrected chi connectivity index (χ3v) is 7.40. The SMILES string of the molecule is Cc1ccsc1CN(Cc1ccccc1)C(=O)CN(CCN1CCCC1)C(=O)c1ccccc1. The van der Waals surface area contributed by atoms with Gasteiger partial charge in [0, 0.05) is 30.1 Å². The molecule has 1 fully saturated rings. The first-order valence-electron chi connectivity index (χ1n) is 12.0. The summed E-state index contributed by atoms with van der Waals surface area (Å²) in [5.41, 5.74) is 2.91. The monoisotopic (exact) mass is 475 g/mol. The van der Waals surface area contributed by atoms with E-state index >= 15 is 0 Å². The molecule has 4 rings (SSSR count). The molecule has 0 N–H and O–H groups in total. The predicted octanol–water partition coefficient (Wildman–Crippen LogP) is 4.82. The standard InChI is InChI=1S/C28H33N3O2S/c1-23-14-19-34-26(23)21-31(20-24-10-4-2-5-11-24)27(32)22-30(18-17-29-15-8-9-16-29)28(33)25-12-6-3-7-13-25/h2-7,10-14,19H,8-9,15-18,20-22H2,1H3. The Morgan fingerprint density at radius 2 is 1.56 bits per heavy atom. The van der Waals surface area contributed by atoms with Gasteiger partial charge in [-0.15, -0.1) is 11.3 Å². The van der Waals surface area contributed by atoms with Crippen molar-refractivity contribution in [1.82, 2.24) is 14.7 Å². The molecule has 0 saturated carbocycles. The van der Waals surface area contributed by atoms with Crippen molar-refractivity contribution in [1.29, 1.82) is 0 Å². The molecule has 5 nitrogen and oxygen atoms in total. The van der Waals surface area contributed by atoms with Gasteiger partial charge >= 0.3 is 0 Å². The van der Waals surface area contributed by atoms with Crippen molar-refractivity contribution >= 4 is 23.2 Å². The highest BCUT2D eigenvalue weighted by molar-refractivity contribution is 7.10. The van der Waals surface area contributed by atoms with Crippen LogP contribution in [0, 0.1) is 6.92 Å². The van der Waals surface area contributed by atoms with Gasteiger partial charge in [0.1, 0.15) is 6.54 Å². The highest BCUT2D eigenvalue weighted by atomic mass is 32.1. The molecule has 3 aromatic rings. The van der Waals surface area contributed by atoms with Gasteiger partial charge in [-0.05, 0) is 67.6 Å². The van der Waals surface area contributed by atoms with Crippen molar-refractivity contribution < 1.29 is 9.59 Å². The molecule has 178 valence electrons. The number of hydrogen-bond donors (Lipinski definition) is 0. The first-order chi connectivity index (χ1) is 16.6. The predicted molar refractivity (Wildman–Crippen MR) is 138 cm³/mol. The third-order valence-electron chi connectivity index (χ3n) is 6.39. The number of carbonyl (C=O) groups excluding carboxylic acids is 2. The Kier molecular flexibility index (Phi) is 8.50. The maximum atomic E-state index is 13.7. The molecule has 0 bridgehead atoms. The molecule has 0 unspecified atom stereocenters. The van der Waals surface area contributed by atoms with Crippen LogP contribution in [0.25, 0.3) is 0 Å². The Labute approximate surface area is 206 Å². The molecule has 1 aromatic heterocycles. The Balaban J connectivity index is 1.52. The summed E-state index contributed by atoms with van der Waals surface area (Å²) in [6, 6.07) is 21.4. The molecule has 0 aliphatic carbocycles. The highest BCUT2D eigenvalue weighted by Gasteiger charge is 2.24. The number of amides is 2. The quantitative estimate of drug-likeness (QED) is 0.422. The van der Waals surface area contributed by atoms with E-state index in [-0.39, 0.29) is 18.4 Å². The fourth-order valence-corrected chi connectivity index (χ4v) is 5.24. The smallest absolute Gasteiger partial charge is 0.254 e. The number of thiophene rings is 1. The lowest BCUT2D eigenvalue weighted by atomic mass is 10.2. The van der Waals surface area contributed by atoms with Crippen molar-refractivity contribution in [3.63, 3.8) is 0 Å². The van der Waals surface area contributed by atoms with E-state index in [1.165, 1.54) is 23.3 Å². The Hall–Kier alpha value is -2.96. The molecule has 1 aliphatic rings. The summed E-state index contributed by atoms with van der Waals surface area (Å²) < 4.78 is 0. The fraction of sp³-hybridized carbons (Fsp3) is 0.357. The van der Waals surface area contributed by atoms with Crippen LogP contribution in [0.15, 0.2) is 72.1 Å². The Bertz CT molecular complexity index is 1060. The summed E-state index contributed by atoms with van der Waals surface area (Å²) in [7, 11) is 0. The second kappa shape index (κ2) is 12.0. The maximum Gasteiger partial charge on any atom is 0.254 e. The lowest BCUT2D eigenvalue weighted by molar-refractivity contribution is -0.133. The summed E-state index contributed by atoms with van der Waals surface area (Å²) in [4.78, 5) is 34.2. The number of hydrogen-bond acceptors (Lipinski definition) is 4. The minimum atomic E-state index is -0.0832. The number of nitrogens with zero attached hydrogens (tertiary/aromatic N) is 3.